The summed E-state index contributed by atoms with van der Waals surface area (Å²) in [5.41, 5.74) is 7.70. The zero-order valence-electron chi connectivity index (χ0n) is 20.3. The smallest absolute Gasteiger partial charge is 0.272 e. The van der Waals surface area contributed by atoms with Crippen LogP contribution in [0.15, 0.2) is 36.7 Å². The Morgan fingerprint density at radius 3 is 2.86 bits per heavy atom. The second-order valence-electron chi connectivity index (χ2n) is 9.46. The first-order valence-electron chi connectivity index (χ1n) is 12.2. The van der Waals surface area contributed by atoms with Crippen LogP contribution in [-0.4, -0.2) is 57.0 Å². The number of H-pyrrole nitrogens is 1. The molecule has 5 heterocycles. The van der Waals surface area contributed by atoms with E-state index in [2.05, 4.69) is 43.5 Å². The van der Waals surface area contributed by atoms with Gasteiger partial charge in [-0.15, -0.1) is 0 Å². The summed E-state index contributed by atoms with van der Waals surface area (Å²) in [5.74, 6) is 0.548. The van der Waals surface area contributed by atoms with Crippen molar-refractivity contribution in [3.05, 3.63) is 75.6 Å². The monoisotopic (exact) mass is 502 g/mol. The molecule has 8 nitrogen and oxygen atoms in total. The Hall–Kier alpha value is -3.33. The van der Waals surface area contributed by atoms with Gasteiger partial charge in [0.15, 0.2) is 0 Å². The van der Waals surface area contributed by atoms with Crippen LogP contribution in [0.1, 0.15) is 44.7 Å². The lowest BCUT2D eigenvalue weighted by Crippen LogP contribution is -2.39. The van der Waals surface area contributed by atoms with E-state index < -0.39 is 0 Å². The van der Waals surface area contributed by atoms with E-state index in [9.17, 15) is 4.79 Å². The van der Waals surface area contributed by atoms with Crippen LogP contribution >= 0.6 is 11.6 Å². The zero-order valence-corrected chi connectivity index (χ0v) is 21.0. The molecule has 1 aromatic carbocycles. The number of nitrogens with zero attached hydrogens (tertiary/aromatic N) is 4. The number of benzene rings is 1. The van der Waals surface area contributed by atoms with E-state index in [0.717, 1.165) is 46.4 Å². The van der Waals surface area contributed by atoms with Gasteiger partial charge in [0.2, 0.25) is 0 Å². The molecule has 0 saturated carbocycles. The number of fused-ring (bicyclic) bond motifs is 2. The molecule has 1 saturated heterocycles. The van der Waals surface area contributed by atoms with Gasteiger partial charge in [0.1, 0.15) is 17.2 Å². The lowest BCUT2D eigenvalue weighted by molar-refractivity contribution is 0.0710. The number of hydrogen-bond acceptors (Lipinski definition) is 6. The first kappa shape index (κ1) is 23.1. The van der Waals surface area contributed by atoms with Crippen molar-refractivity contribution in [1.82, 2.24) is 30.2 Å². The number of carbonyl (C=O) groups is 1. The summed E-state index contributed by atoms with van der Waals surface area (Å²) >= 11 is 6.37. The van der Waals surface area contributed by atoms with Crippen LogP contribution in [-0.2, 0) is 17.7 Å². The van der Waals surface area contributed by atoms with Gasteiger partial charge in [-0.1, -0.05) is 17.7 Å². The molecule has 36 heavy (non-hydrogen) atoms. The number of hydrogen-bond donors (Lipinski definition) is 2. The van der Waals surface area contributed by atoms with E-state index in [4.69, 9.17) is 16.3 Å². The maximum absolute atomic E-state index is 13.4. The molecule has 2 N–H and O–H groups in total. The van der Waals surface area contributed by atoms with Gasteiger partial charge in [-0.25, -0.2) is 15.0 Å². The van der Waals surface area contributed by atoms with Gasteiger partial charge in [-0.2, -0.15) is 0 Å². The van der Waals surface area contributed by atoms with Crippen LogP contribution in [0.2, 0.25) is 5.02 Å². The Morgan fingerprint density at radius 2 is 2.06 bits per heavy atom. The second kappa shape index (κ2) is 9.28. The van der Waals surface area contributed by atoms with E-state index in [1.807, 2.05) is 24.9 Å². The molecular weight excluding hydrogens is 476 g/mol. The minimum Gasteiger partial charge on any atom is -0.378 e. The van der Waals surface area contributed by atoms with Gasteiger partial charge in [-0.05, 0) is 60.7 Å². The molecule has 6 rings (SSSR count). The number of aromatic nitrogens is 4. The molecule has 0 bridgehead atoms. The third-order valence-corrected chi connectivity index (χ3v) is 7.27. The van der Waals surface area contributed by atoms with E-state index >= 15 is 0 Å². The highest BCUT2D eigenvalue weighted by Crippen LogP contribution is 2.35. The molecule has 0 spiro atoms. The Balaban J connectivity index is 1.40. The number of rotatable bonds is 3. The molecule has 0 radical (unpaired) electrons. The maximum Gasteiger partial charge on any atom is 0.272 e. The third-order valence-electron chi connectivity index (χ3n) is 6.96. The lowest BCUT2D eigenvalue weighted by Gasteiger charge is -2.34. The van der Waals surface area contributed by atoms with Crippen LogP contribution < -0.4 is 5.32 Å². The predicted octanol–water partition coefficient (Wildman–Crippen LogP) is 4.15. The fraction of sp³-hybridized carbons (Fsp3) is 0.333. The molecular formula is C27H27ClN6O2. The molecule has 1 atom stereocenters. The molecule has 184 valence electrons. The highest BCUT2D eigenvalue weighted by molar-refractivity contribution is 6.35. The van der Waals surface area contributed by atoms with Crippen molar-refractivity contribution in [2.75, 3.05) is 26.3 Å². The highest BCUT2D eigenvalue weighted by atomic mass is 35.5. The van der Waals surface area contributed by atoms with Crippen molar-refractivity contribution in [1.29, 1.82) is 0 Å². The van der Waals surface area contributed by atoms with Gasteiger partial charge in [0.05, 0.1) is 24.3 Å². The average Bonchev–Trinajstić information content (AvgIpc) is 3.27. The SMILES string of the molecule is Cc1cc(C(=O)N2CCc3cc(-c4cnc5[nH]cc(Cl)c5c4)cc([C@@H]4COCCN4)c3C2)nc(C)n1. The number of aromatic amines is 1. The molecule has 1 amide bonds. The molecule has 2 aliphatic rings. The molecule has 1 fully saturated rings. The summed E-state index contributed by atoms with van der Waals surface area (Å²) in [6, 6.07) is 8.34. The molecule has 0 unspecified atom stereocenters. The number of aryl methyl sites for hydroxylation is 2. The Kier molecular flexibility index (Phi) is 5.95. The highest BCUT2D eigenvalue weighted by Gasteiger charge is 2.29. The molecule has 3 aromatic heterocycles. The largest absolute Gasteiger partial charge is 0.378 e. The standard InChI is InChI=1S/C27H27ClN6O2/c1-15-7-24(33-16(2)32-15)27(35)34-5-3-17-8-18(19-10-21-23(28)12-31-26(21)30-11-19)9-20(22(17)13-34)25-14-36-6-4-29-25/h7-12,25,29H,3-6,13-14H2,1-2H3,(H,30,31)/t25-/m0/s1. The van der Waals surface area contributed by atoms with Gasteiger partial charge in [0, 0.05) is 48.7 Å². The van der Waals surface area contributed by atoms with Crippen molar-refractivity contribution in [3.63, 3.8) is 0 Å². The van der Waals surface area contributed by atoms with Crippen LogP contribution in [0, 0.1) is 13.8 Å². The lowest BCUT2D eigenvalue weighted by atomic mass is 9.87. The van der Waals surface area contributed by atoms with Crippen LogP contribution in [0.3, 0.4) is 0 Å². The minimum atomic E-state index is -0.0612. The normalized spacial score (nSPS) is 17.9. The Morgan fingerprint density at radius 1 is 1.17 bits per heavy atom. The maximum atomic E-state index is 13.4. The van der Waals surface area contributed by atoms with E-state index in [0.29, 0.717) is 42.8 Å². The fourth-order valence-electron chi connectivity index (χ4n) is 5.23. The van der Waals surface area contributed by atoms with Crippen molar-refractivity contribution in [3.8, 4) is 11.1 Å². The van der Waals surface area contributed by atoms with E-state index in [1.54, 1.807) is 12.3 Å². The number of pyridine rings is 1. The van der Waals surface area contributed by atoms with Crippen LogP contribution in [0.5, 0.6) is 0 Å². The zero-order chi connectivity index (χ0) is 24.8. The number of halogens is 1. The summed E-state index contributed by atoms with van der Waals surface area (Å²) in [7, 11) is 0. The minimum absolute atomic E-state index is 0.0542. The van der Waals surface area contributed by atoms with Crippen molar-refractivity contribution in [2.24, 2.45) is 0 Å². The number of ether oxygens (including phenoxy) is 1. The summed E-state index contributed by atoms with van der Waals surface area (Å²) in [4.78, 5) is 31.7. The van der Waals surface area contributed by atoms with Crippen LogP contribution in [0.4, 0.5) is 0 Å². The third kappa shape index (κ3) is 4.25. The Bertz CT molecular complexity index is 1460. The van der Waals surface area contributed by atoms with Gasteiger partial charge in [0.25, 0.3) is 5.91 Å². The molecule has 9 heteroatoms. The number of carbonyl (C=O) groups excluding carboxylic acids is 1. The molecule has 2 aliphatic heterocycles. The number of morpholine rings is 1. The average molecular weight is 503 g/mol. The van der Waals surface area contributed by atoms with Gasteiger partial charge in [-0.3, -0.25) is 4.79 Å². The van der Waals surface area contributed by atoms with Crippen molar-refractivity contribution in [2.45, 2.75) is 32.9 Å². The van der Waals surface area contributed by atoms with Crippen LogP contribution in [0.25, 0.3) is 22.2 Å². The number of amides is 1. The number of nitrogens with one attached hydrogen (secondary N) is 2. The van der Waals surface area contributed by atoms with Gasteiger partial charge >= 0.3 is 0 Å². The summed E-state index contributed by atoms with van der Waals surface area (Å²) < 4.78 is 5.81. The van der Waals surface area contributed by atoms with Crippen molar-refractivity contribution >= 4 is 28.5 Å². The fourth-order valence-corrected chi connectivity index (χ4v) is 5.43. The van der Waals surface area contributed by atoms with E-state index in [1.165, 1.54) is 11.1 Å². The quantitative estimate of drug-likeness (QED) is 0.437. The summed E-state index contributed by atoms with van der Waals surface area (Å²) in [6.07, 6.45) is 4.40. The summed E-state index contributed by atoms with van der Waals surface area (Å²) in [6.45, 7) is 6.95. The summed E-state index contributed by atoms with van der Waals surface area (Å²) in [5, 5.41) is 5.16. The molecule has 0 aliphatic carbocycles. The first-order valence-corrected chi connectivity index (χ1v) is 12.6. The first-order chi connectivity index (χ1) is 17.5. The predicted molar refractivity (Wildman–Crippen MR) is 138 cm³/mol. The van der Waals surface area contributed by atoms with Crippen molar-refractivity contribution < 1.29 is 9.53 Å². The topological polar surface area (TPSA) is 96.0 Å². The second-order valence-corrected chi connectivity index (χ2v) is 9.87. The van der Waals surface area contributed by atoms with E-state index in [-0.39, 0.29) is 11.9 Å². The molecule has 4 aromatic rings. The van der Waals surface area contributed by atoms with Gasteiger partial charge < -0.3 is 19.9 Å². The Labute approximate surface area is 214 Å².